The van der Waals surface area contributed by atoms with Gasteiger partial charge in [-0.25, -0.2) is 14.4 Å². The molecule has 0 bridgehead atoms. The lowest BCUT2D eigenvalue weighted by Gasteiger charge is -2.35. The van der Waals surface area contributed by atoms with Crippen molar-refractivity contribution in [2.45, 2.75) is 65.0 Å². The molecular weight excluding hydrogens is 492 g/mol. The summed E-state index contributed by atoms with van der Waals surface area (Å²) in [5.74, 6) is 0.699. The highest BCUT2D eigenvalue weighted by Gasteiger charge is 2.51. The van der Waals surface area contributed by atoms with E-state index >= 15 is 0 Å². The zero-order valence-electron chi connectivity index (χ0n) is 22.7. The number of aryl methyl sites for hydroxylation is 1. The van der Waals surface area contributed by atoms with Crippen molar-refractivity contribution in [2.75, 3.05) is 39.3 Å². The van der Waals surface area contributed by atoms with E-state index in [2.05, 4.69) is 12.1 Å². The molecule has 1 atom stereocenters. The normalized spacial score (nSPS) is 20.5. The van der Waals surface area contributed by atoms with E-state index in [1.165, 1.54) is 20.3 Å². The Morgan fingerprint density at radius 3 is 2.26 bits per heavy atom. The van der Waals surface area contributed by atoms with Gasteiger partial charge in [0.05, 0.1) is 13.2 Å². The SMILES string of the molecule is CCOc1ccc(CCC2CCN(C(=O)ON3C(=O)C4CN(C(=O)OC(C)(C)C)CCN4C3=O)CC2)cc1. The van der Waals surface area contributed by atoms with Crippen LogP contribution in [0.3, 0.4) is 0 Å². The van der Waals surface area contributed by atoms with Crippen molar-refractivity contribution in [3.63, 3.8) is 0 Å². The summed E-state index contributed by atoms with van der Waals surface area (Å²) < 4.78 is 10.9. The molecule has 11 nitrogen and oxygen atoms in total. The minimum absolute atomic E-state index is 0.00666. The number of ether oxygens (including phenoxy) is 2. The van der Waals surface area contributed by atoms with Crippen LogP contribution in [0.5, 0.6) is 5.75 Å². The number of carbonyl (C=O) groups excluding carboxylic acids is 4. The van der Waals surface area contributed by atoms with E-state index in [-0.39, 0.29) is 19.6 Å². The average molecular weight is 531 g/mol. The number of hydrogen-bond donors (Lipinski definition) is 0. The van der Waals surface area contributed by atoms with Crippen molar-refractivity contribution in [1.82, 2.24) is 19.8 Å². The van der Waals surface area contributed by atoms with E-state index in [0.717, 1.165) is 31.4 Å². The highest BCUT2D eigenvalue weighted by molar-refractivity contribution is 6.04. The zero-order valence-corrected chi connectivity index (χ0v) is 22.7. The Morgan fingerprint density at radius 1 is 0.947 bits per heavy atom. The molecule has 1 aromatic carbocycles. The van der Waals surface area contributed by atoms with E-state index < -0.39 is 35.8 Å². The van der Waals surface area contributed by atoms with Gasteiger partial charge in [0.1, 0.15) is 17.4 Å². The van der Waals surface area contributed by atoms with Crippen LogP contribution >= 0.6 is 0 Å². The summed E-state index contributed by atoms with van der Waals surface area (Å²) in [5, 5.41) is 0.545. The molecule has 38 heavy (non-hydrogen) atoms. The maximum Gasteiger partial charge on any atom is 0.434 e. The summed E-state index contributed by atoms with van der Waals surface area (Å²) in [7, 11) is 0. The predicted molar refractivity (Wildman–Crippen MR) is 137 cm³/mol. The highest BCUT2D eigenvalue weighted by atomic mass is 16.7. The number of fused-ring (bicyclic) bond motifs is 1. The molecule has 0 aliphatic carbocycles. The van der Waals surface area contributed by atoms with Crippen LogP contribution in [-0.4, -0.2) is 94.9 Å². The lowest BCUT2D eigenvalue weighted by Crippen LogP contribution is -2.55. The monoisotopic (exact) mass is 530 g/mol. The minimum Gasteiger partial charge on any atom is -0.494 e. The third-order valence-electron chi connectivity index (χ3n) is 7.05. The number of amides is 5. The Morgan fingerprint density at radius 2 is 1.63 bits per heavy atom. The van der Waals surface area contributed by atoms with Crippen LogP contribution in [0.4, 0.5) is 14.4 Å². The van der Waals surface area contributed by atoms with Gasteiger partial charge < -0.3 is 29.0 Å². The van der Waals surface area contributed by atoms with Gasteiger partial charge in [0.15, 0.2) is 0 Å². The number of hydroxylamine groups is 2. The number of carbonyl (C=O) groups is 4. The highest BCUT2D eigenvalue weighted by Crippen LogP contribution is 2.26. The molecule has 1 unspecified atom stereocenters. The molecule has 0 aromatic heterocycles. The van der Waals surface area contributed by atoms with Crippen LogP contribution in [0, 0.1) is 5.92 Å². The fraction of sp³-hybridized carbons (Fsp3) is 0.630. The fourth-order valence-corrected chi connectivity index (χ4v) is 4.98. The smallest absolute Gasteiger partial charge is 0.434 e. The van der Waals surface area contributed by atoms with Crippen LogP contribution < -0.4 is 4.74 Å². The summed E-state index contributed by atoms with van der Waals surface area (Å²) in [6.07, 6.45) is 2.38. The Kier molecular flexibility index (Phi) is 8.32. The standard InChI is InChI=1S/C27H38N4O7/c1-5-36-21-10-8-19(9-11-21)6-7-20-12-14-28(15-13-20)26(35)38-31-23(32)22-18-29(16-17-30(22)24(31)33)25(34)37-27(2,3)4/h8-11,20,22H,5-7,12-18H2,1-4H3. The first-order chi connectivity index (χ1) is 18.1. The molecular formula is C27H38N4O7. The lowest BCUT2D eigenvalue weighted by molar-refractivity contribution is -0.152. The van der Waals surface area contributed by atoms with E-state index in [9.17, 15) is 19.2 Å². The van der Waals surface area contributed by atoms with Gasteiger partial charge in [-0.15, -0.1) is 0 Å². The number of piperazine rings is 1. The molecule has 0 spiro atoms. The summed E-state index contributed by atoms with van der Waals surface area (Å²) in [5.41, 5.74) is 0.580. The fourth-order valence-electron chi connectivity index (χ4n) is 4.98. The topological polar surface area (TPSA) is 109 Å². The summed E-state index contributed by atoms with van der Waals surface area (Å²) in [6.45, 7) is 9.28. The Hall–Kier alpha value is -3.50. The van der Waals surface area contributed by atoms with Gasteiger partial charge in [0, 0.05) is 26.2 Å². The summed E-state index contributed by atoms with van der Waals surface area (Å²) >= 11 is 0. The molecule has 3 heterocycles. The molecule has 4 rings (SSSR count). The van der Waals surface area contributed by atoms with Crippen LogP contribution in [0.15, 0.2) is 24.3 Å². The molecule has 3 saturated heterocycles. The summed E-state index contributed by atoms with van der Waals surface area (Å²) in [4.78, 5) is 60.5. The van der Waals surface area contributed by atoms with E-state index in [4.69, 9.17) is 14.3 Å². The van der Waals surface area contributed by atoms with Gasteiger partial charge in [0.2, 0.25) is 0 Å². The first kappa shape index (κ1) is 27.5. The second-order valence-electron chi connectivity index (χ2n) is 11.0. The number of likely N-dealkylation sites (tertiary alicyclic amines) is 1. The first-order valence-electron chi connectivity index (χ1n) is 13.4. The molecule has 0 radical (unpaired) electrons. The third kappa shape index (κ3) is 6.49. The largest absolute Gasteiger partial charge is 0.494 e. The molecule has 0 N–H and O–H groups in total. The number of rotatable bonds is 6. The number of benzene rings is 1. The third-order valence-corrected chi connectivity index (χ3v) is 7.05. The molecule has 11 heteroatoms. The lowest BCUT2D eigenvalue weighted by atomic mass is 9.91. The molecule has 3 aliphatic rings. The minimum atomic E-state index is -0.898. The Labute approximate surface area is 223 Å². The molecule has 1 aromatic rings. The zero-order chi connectivity index (χ0) is 27.4. The van der Waals surface area contributed by atoms with Crippen LogP contribution in [0.2, 0.25) is 0 Å². The van der Waals surface area contributed by atoms with Crippen molar-refractivity contribution < 1.29 is 33.5 Å². The summed E-state index contributed by atoms with van der Waals surface area (Å²) in [6, 6.07) is 6.57. The average Bonchev–Trinajstić information content (AvgIpc) is 3.12. The van der Waals surface area contributed by atoms with Crippen molar-refractivity contribution in [2.24, 2.45) is 5.92 Å². The number of piperidine rings is 1. The number of nitrogens with zero attached hydrogens (tertiary/aromatic N) is 4. The maximum atomic E-state index is 12.9. The predicted octanol–water partition coefficient (Wildman–Crippen LogP) is 3.67. The maximum absolute atomic E-state index is 12.9. The van der Waals surface area contributed by atoms with E-state index in [0.29, 0.717) is 30.7 Å². The quantitative estimate of drug-likeness (QED) is 0.517. The number of imide groups is 1. The Bertz CT molecular complexity index is 1030. The number of hydrogen-bond acceptors (Lipinski definition) is 7. The van der Waals surface area contributed by atoms with Gasteiger partial charge in [-0.2, -0.15) is 0 Å². The molecule has 3 fully saturated rings. The second kappa shape index (κ2) is 11.5. The van der Waals surface area contributed by atoms with Gasteiger partial charge in [-0.3, -0.25) is 4.79 Å². The van der Waals surface area contributed by atoms with Crippen LogP contribution in [0.1, 0.15) is 52.5 Å². The van der Waals surface area contributed by atoms with Crippen LogP contribution in [-0.2, 0) is 20.8 Å². The van der Waals surface area contributed by atoms with Crippen LogP contribution in [0.25, 0.3) is 0 Å². The van der Waals surface area contributed by atoms with Crippen molar-refractivity contribution in [3.8, 4) is 5.75 Å². The van der Waals surface area contributed by atoms with Crippen molar-refractivity contribution in [3.05, 3.63) is 29.8 Å². The van der Waals surface area contributed by atoms with E-state index in [1.807, 2.05) is 19.1 Å². The molecule has 208 valence electrons. The molecule has 0 saturated carbocycles. The van der Waals surface area contributed by atoms with E-state index in [1.54, 1.807) is 20.8 Å². The Balaban J connectivity index is 1.23. The van der Waals surface area contributed by atoms with Gasteiger partial charge in [-0.1, -0.05) is 17.2 Å². The molecule has 5 amide bonds. The van der Waals surface area contributed by atoms with Gasteiger partial charge in [-0.05, 0) is 77.0 Å². The first-order valence-corrected chi connectivity index (χ1v) is 13.4. The van der Waals surface area contributed by atoms with Gasteiger partial charge >= 0.3 is 18.2 Å². The van der Waals surface area contributed by atoms with Crippen molar-refractivity contribution >= 4 is 24.1 Å². The van der Waals surface area contributed by atoms with Crippen molar-refractivity contribution in [1.29, 1.82) is 0 Å². The number of urea groups is 1. The second-order valence-corrected chi connectivity index (χ2v) is 11.0. The molecule has 3 aliphatic heterocycles. The van der Waals surface area contributed by atoms with Gasteiger partial charge in [0.25, 0.3) is 5.91 Å².